The highest BCUT2D eigenvalue weighted by Crippen LogP contribution is 2.27. The van der Waals surface area contributed by atoms with Crippen LogP contribution >= 0.6 is 0 Å². The van der Waals surface area contributed by atoms with E-state index >= 15 is 0 Å². The standard InChI is InChI=1S/C12H17N3O3/c1-14(7-8-5-9(16)6-8)12(18)10-3-4-11(17)15(2)13-10/h3-4,8-9,16H,5-7H2,1-2H3. The van der Waals surface area contributed by atoms with Gasteiger partial charge in [-0.15, -0.1) is 0 Å². The van der Waals surface area contributed by atoms with Gasteiger partial charge >= 0.3 is 0 Å². The Morgan fingerprint density at radius 1 is 1.56 bits per heavy atom. The molecule has 1 aliphatic rings. The highest BCUT2D eigenvalue weighted by molar-refractivity contribution is 5.91. The van der Waals surface area contributed by atoms with Crippen LogP contribution in [0.2, 0.25) is 0 Å². The first-order valence-corrected chi connectivity index (χ1v) is 5.95. The molecule has 1 heterocycles. The fraction of sp³-hybridized carbons (Fsp3) is 0.583. The predicted molar refractivity (Wildman–Crippen MR) is 65.2 cm³/mol. The van der Waals surface area contributed by atoms with Gasteiger partial charge in [-0.05, 0) is 24.8 Å². The normalized spacial score (nSPS) is 22.4. The smallest absolute Gasteiger partial charge is 0.274 e. The van der Waals surface area contributed by atoms with Gasteiger partial charge in [0.05, 0.1) is 6.10 Å². The maximum atomic E-state index is 12.1. The van der Waals surface area contributed by atoms with Gasteiger partial charge in [0.15, 0.2) is 0 Å². The van der Waals surface area contributed by atoms with Crippen molar-refractivity contribution in [1.29, 1.82) is 0 Å². The highest BCUT2D eigenvalue weighted by Gasteiger charge is 2.29. The molecule has 0 aliphatic heterocycles. The van der Waals surface area contributed by atoms with Gasteiger partial charge in [-0.2, -0.15) is 5.10 Å². The topological polar surface area (TPSA) is 75.4 Å². The number of nitrogens with zero attached hydrogens (tertiary/aromatic N) is 3. The Labute approximate surface area is 105 Å². The van der Waals surface area contributed by atoms with Gasteiger partial charge in [0, 0.05) is 26.7 Å². The van der Waals surface area contributed by atoms with Crippen molar-refractivity contribution in [2.24, 2.45) is 13.0 Å². The zero-order valence-electron chi connectivity index (χ0n) is 10.5. The van der Waals surface area contributed by atoms with E-state index in [-0.39, 0.29) is 23.3 Å². The second-order valence-corrected chi connectivity index (χ2v) is 4.86. The Morgan fingerprint density at radius 3 is 2.78 bits per heavy atom. The summed E-state index contributed by atoms with van der Waals surface area (Å²) in [7, 11) is 3.22. The minimum atomic E-state index is -0.240. The van der Waals surface area contributed by atoms with Gasteiger partial charge in [-0.3, -0.25) is 9.59 Å². The van der Waals surface area contributed by atoms with Crippen LogP contribution in [-0.4, -0.2) is 45.4 Å². The Kier molecular flexibility index (Phi) is 3.47. The van der Waals surface area contributed by atoms with Crippen LogP contribution in [0.3, 0.4) is 0 Å². The summed E-state index contributed by atoms with van der Waals surface area (Å²) in [6.07, 6.45) is 1.28. The number of aliphatic hydroxyl groups is 1. The molecule has 1 aliphatic carbocycles. The maximum Gasteiger partial charge on any atom is 0.274 e. The molecule has 1 aromatic heterocycles. The van der Waals surface area contributed by atoms with Crippen molar-refractivity contribution in [3.8, 4) is 0 Å². The minimum Gasteiger partial charge on any atom is -0.393 e. The summed E-state index contributed by atoms with van der Waals surface area (Å²) in [5.41, 5.74) is 0.0239. The lowest BCUT2D eigenvalue weighted by molar-refractivity contribution is 0.0263. The monoisotopic (exact) mass is 251 g/mol. The summed E-state index contributed by atoms with van der Waals surface area (Å²) in [5.74, 6) is 0.161. The van der Waals surface area contributed by atoms with Crippen LogP contribution in [0.5, 0.6) is 0 Å². The molecule has 0 unspecified atom stereocenters. The summed E-state index contributed by atoms with van der Waals surface area (Å²) < 4.78 is 1.15. The summed E-state index contributed by atoms with van der Waals surface area (Å²) in [6.45, 7) is 0.612. The number of rotatable bonds is 3. The third-order valence-corrected chi connectivity index (χ3v) is 3.27. The first-order chi connectivity index (χ1) is 8.47. The molecule has 98 valence electrons. The van der Waals surface area contributed by atoms with Crippen LogP contribution in [0.15, 0.2) is 16.9 Å². The Balaban J connectivity index is 2.01. The van der Waals surface area contributed by atoms with E-state index < -0.39 is 0 Å². The zero-order valence-corrected chi connectivity index (χ0v) is 10.5. The molecule has 0 radical (unpaired) electrons. The molecule has 1 aromatic rings. The number of aliphatic hydroxyl groups excluding tert-OH is 1. The molecule has 0 bridgehead atoms. The molecule has 6 nitrogen and oxygen atoms in total. The number of aryl methyl sites for hydroxylation is 1. The number of carbonyl (C=O) groups excluding carboxylic acids is 1. The van der Waals surface area contributed by atoms with E-state index in [2.05, 4.69) is 5.10 Å². The number of carbonyl (C=O) groups is 1. The number of amides is 1. The first-order valence-electron chi connectivity index (χ1n) is 5.95. The number of aromatic nitrogens is 2. The molecular formula is C12H17N3O3. The lowest BCUT2D eigenvalue weighted by atomic mass is 9.82. The number of hydrogen-bond donors (Lipinski definition) is 1. The largest absolute Gasteiger partial charge is 0.393 e. The molecule has 1 fully saturated rings. The third kappa shape index (κ3) is 2.59. The molecule has 0 spiro atoms. The van der Waals surface area contributed by atoms with Crippen LogP contribution < -0.4 is 5.56 Å². The molecule has 0 saturated heterocycles. The Hall–Kier alpha value is -1.69. The van der Waals surface area contributed by atoms with Gasteiger partial charge in [0.2, 0.25) is 0 Å². The fourth-order valence-electron chi connectivity index (χ4n) is 2.13. The summed E-state index contributed by atoms with van der Waals surface area (Å²) in [6, 6.07) is 2.78. The van der Waals surface area contributed by atoms with E-state index in [1.807, 2.05) is 0 Å². The minimum absolute atomic E-state index is 0.202. The molecule has 0 aromatic carbocycles. The molecule has 1 saturated carbocycles. The van der Waals surface area contributed by atoms with Crippen LogP contribution in [-0.2, 0) is 7.05 Å². The lowest BCUT2D eigenvalue weighted by Crippen LogP contribution is -2.40. The van der Waals surface area contributed by atoms with E-state index in [0.717, 1.165) is 17.5 Å². The van der Waals surface area contributed by atoms with E-state index in [1.165, 1.54) is 19.2 Å². The van der Waals surface area contributed by atoms with Gasteiger partial charge in [0.25, 0.3) is 11.5 Å². The predicted octanol–water partition coefficient (Wildman–Crippen LogP) is -0.377. The molecule has 1 N–H and O–H groups in total. The number of hydrogen-bond acceptors (Lipinski definition) is 4. The van der Waals surface area contributed by atoms with Gasteiger partial charge in [0.1, 0.15) is 5.69 Å². The quantitative estimate of drug-likeness (QED) is 0.795. The molecule has 0 atom stereocenters. The molecule has 18 heavy (non-hydrogen) atoms. The summed E-state index contributed by atoms with van der Waals surface area (Å²) in [4.78, 5) is 24.8. The lowest BCUT2D eigenvalue weighted by Gasteiger charge is -2.34. The highest BCUT2D eigenvalue weighted by atomic mass is 16.3. The second-order valence-electron chi connectivity index (χ2n) is 4.86. The first kappa shape index (κ1) is 12.8. The Morgan fingerprint density at radius 2 is 2.22 bits per heavy atom. The van der Waals surface area contributed by atoms with E-state index in [0.29, 0.717) is 12.5 Å². The van der Waals surface area contributed by atoms with Crippen molar-refractivity contribution in [2.45, 2.75) is 18.9 Å². The van der Waals surface area contributed by atoms with Crippen LogP contribution in [0.4, 0.5) is 0 Å². The van der Waals surface area contributed by atoms with Gasteiger partial charge in [-0.25, -0.2) is 4.68 Å². The van der Waals surface area contributed by atoms with Crippen LogP contribution in [0.1, 0.15) is 23.3 Å². The molecule has 2 rings (SSSR count). The second kappa shape index (κ2) is 4.89. The molecular weight excluding hydrogens is 234 g/mol. The molecule has 1 amide bonds. The van der Waals surface area contributed by atoms with Crippen molar-refractivity contribution in [1.82, 2.24) is 14.7 Å². The Bertz CT molecular complexity index is 506. The van der Waals surface area contributed by atoms with Gasteiger partial charge < -0.3 is 10.0 Å². The van der Waals surface area contributed by atoms with Crippen LogP contribution in [0.25, 0.3) is 0 Å². The van der Waals surface area contributed by atoms with Crippen molar-refractivity contribution in [3.05, 3.63) is 28.2 Å². The van der Waals surface area contributed by atoms with Crippen molar-refractivity contribution >= 4 is 5.91 Å². The third-order valence-electron chi connectivity index (χ3n) is 3.27. The molecule has 6 heteroatoms. The van der Waals surface area contributed by atoms with E-state index in [4.69, 9.17) is 0 Å². The van der Waals surface area contributed by atoms with E-state index in [1.54, 1.807) is 11.9 Å². The average Bonchev–Trinajstić information content (AvgIpc) is 2.29. The SMILES string of the molecule is CN(CC1CC(O)C1)C(=O)c1ccc(=O)n(C)n1. The van der Waals surface area contributed by atoms with Crippen molar-refractivity contribution in [3.63, 3.8) is 0 Å². The summed E-state index contributed by atoms with van der Waals surface area (Å²) >= 11 is 0. The van der Waals surface area contributed by atoms with Crippen molar-refractivity contribution < 1.29 is 9.90 Å². The van der Waals surface area contributed by atoms with E-state index in [9.17, 15) is 14.7 Å². The maximum absolute atomic E-state index is 12.1. The zero-order chi connectivity index (χ0) is 13.3. The van der Waals surface area contributed by atoms with Crippen molar-refractivity contribution in [2.75, 3.05) is 13.6 Å². The average molecular weight is 251 g/mol. The fourth-order valence-corrected chi connectivity index (χ4v) is 2.13. The van der Waals surface area contributed by atoms with Gasteiger partial charge in [-0.1, -0.05) is 0 Å². The van der Waals surface area contributed by atoms with Crippen LogP contribution in [0, 0.1) is 5.92 Å². The summed E-state index contributed by atoms with van der Waals surface area (Å²) in [5, 5.41) is 13.1.